The molecule has 1 heterocycles. The van der Waals surface area contributed by atoms with Gasteiger partial charge in [-0.25, -0.2) is 0 Å². The number of piperidine rings is 1. The maximum atomic E-state index is 6.18. The summed E-state index contributed by atoms with van der Waals surface area (Å²) >= 11 is 11.3. The molecule has 18 heavy (non-hydrogen) atoms. The molecule has 1 aromatic rings. The van der Waals surface area contributed by atoms with E-state index >= 15 is 0 Å². The van der Waals surface area contributed by atoms with E-state index in [4.69, 9.17) is 29.6 Å². The maximum Gasteiger partial charge on any atom is 0.0788 e. The van der Waals surface area contributed by atoms with Gasteiger partial charge in [0.2, 0.25) is 0 Å². The minimum Gasteiger partial charge on any atom is -0.393 e. The summed E-state index contributed by atoms with van der Waals surface area (Å²) in [5.74, 6) is 0. The zero-order chi connectivity index (χ0) is 13.2. The van der Waals surface area contributed by atoms with Gasteiger partial charge in [0, 0.05) is 17.0 Å². The predicted molar refractivity (Wildman–Crippen MR) is 80.9 cm³/mol. The van der Waals surface area contributed by atoms with Crippen molar-refractivity contribution in [1.29, 1.82) is 0 Å². The van der Waals surface area contributed by atoms with Crippen molar-refractivity contribution in [2.24, 2.45) is 11.1 Å². The van der Waals surface area contributed by atoms with Gasteiger partial charge in [0.1, 0.15) is 0 Å². The van der Waals surface area contributed by atoms with Crippen molar-refractivity contribution in [3.8, 4) is 0 Å². The molecule has 1 fully saturated rings. The van der Waals surface area contributed by atoms with Crippen LogP contribution in [-0.2, 0) is 6.54 Å². The molecular weight excluding hydrogens is 264 g/mol. The van der Waals surface area contributed by atoms with Crippen molar-refractivity contribution in [3.63, 3.8) is 0 Å². The normalized spacial score (nSPS) is 19.7. The third kappa shape index (κ3) is 3.02. The third-order valence-electron chi connectivity index (χ3n) is 3.91. The lowest BCUT2D eigenvalue weighted by Gasteiger charge is -2.38. The van der Waals surface area contributed by atoms with Crippen molar-refractivity contribution >= 4 is 28.8 Å². The molecule has 98 valence electrons. The Morgan fingerprint density at radius 2 is 2.00 bits per heavy atom. The van der Waals surface area contributed by atoms with Gasteiger partial charge in [-0.15, -0.1) is 0 Å². The molecule has 1 aromatic carbocycles. The smallest absolute Gasteiger partial charge is 0.0788 e. The lowest BCUT2D eigenvalue weighted by molar-refractivity contribution is 0.158. The van der Waals surface area contributed by atoms with Gasteiger partial charge in [0.05, 0.1) is 4.99 Å². The number of nitrogens with two attached hydrogens (primary N) is 1. The highest BCUT2D eigenvalue weighted by atomic mass is 35.5. The second-order valence-electron chi connectivity index (χ2n) is 5.29. The number of likely N-dealkylation sites (tertiary alicyclic amines) is 1. The Kier molecular flexibility index (Phi) is 4.25. The molecule has 1 aliphatic heterocycles. The minimum atomic E-state index is 0.0340. The van der Waals surface area contributed by atoms with Crippen LogP contribution >= 0.6 is 23.8 Å². The molecule has 0 saturated carbocycles. The van der Waals surface area contributed by atoms with Crippen LogP contribution in [0.15, 0.2) is 24.3 Å². The molecule has 0 radical (unpaired) electrons. The predicted octanol–water partition coefficient (Wildman–Crippen LogP) is 3.23. The largest absolute Gasteiger partial charge is 0.393 e. The van der Waals surface area contributed by atoms with Gasteiger partial charge in [0.15, 0.2) is 0 Å². The first-order valence-corrected chi connectivity index (χ1v) is 7.05. The number of hydrogen-bond donors (Lipinski definition) is 1. The highest BCUT2D eigenvalue weighted by molar-refractivity contribution is 7.80. The van der Waals surface area contributed by atoms with Gasteiger partial charge in [0.25, 0.3) is 0 Å². The summed E-state index contributed by atoms with van der Waals surface area (Å²) in [5.41, 5.74) is 7.04. The van der Waals surface area contributed by atoms with Crippen LogP contribution in [-0.4, -0.2) is 23.0 Å². The lowest BCUT2D eigenvalue weighted by Crippen LogP contribution is -2.44. The number of thiocarbonyl (C=S) groups is 1. The number of hydrogen-bond acceptors (Lipinski definition) is 2. The minimum absolute atomic E-state index is 0.0340. The summed E-state index contributed by atoms with van der Waals surface area (Å²) in [7, 11) is 0. The fraction of sp³-hybridized carbons (Fsp3) is 0.500. The topological polar surface area (TPSA) is 29.3 Å². The first kappa shape index (κ1) is 13.8. The molecule has 2 nitrogen and oxygen atoms in total. The van der Waals surface area contributed by atoms with Crippen molar-refractivity contribution in [2.45, 2.75) is 26.3 Å². The monoisotopic (exact) mass is 282 g/mol. The number of benzene rings is 1. The first-order chi connectivity index (χ1) is 8.51. The van der Waals surface area contributed by atoms with Crippen molar-refractivity contribution < 1.29 is 0 Å². The van der Waals surface area contributed by atoms with E-state index in [0.29, 0.717) is 4.99 Å². The average Bonchev–Trinajstić information content (AvgIpc) is 2.35. The molecule has 0 amide bonds. The molecule has 0 atom stereocenters. The molecule has 2 rings (SSSR count). The van der Waals surface area contributed by atoms with Crippen LogP contribution in [0.4, 0.5) is 0 Å². The van der Waals surface area contributed by atoms with E-state index in [1.807, 2.05) is 18.2 Å². The fourth-order valence-electron chi connectivity index (χ4n) is 2.32. The molecule has 4 heteroatoms. The summed E-state index contributed by atoms with van der Waals surface area (Å²) < 4.78 is 0. The van der Waals surface area contributed by atoms with Gasteiger partial charge in [-0.05, 0) is 37.6 Å². The summed E-state index contributed by atoms with van der Waals surface area (Å²) in [6, 6.07) is 8.03. The summed E-state index contributed by atoms with van der Waals surface area (Å²) in [6.45, 7) is 5.13. The van der Waals surface area contributed by atoms with Gasteiger partial charge >= 0.3 is 0 Å². The van der Waals surface area contributed by atoms with Gasteiger partial charge in [-0.3, -0.25) is 4.90 Å². The molecule has 1 saturated heterocycles. The third-order valence-corrected chi connectivity index (χ3v) is 4.77. The molecule has 0 spiro atoms. The average molecular weight is 283 g/mol. The van der Waals surface area contributed by atoms with Crippen LogP contribution < -0.4 is 5.73 Å². The highest BCUT2D eigenvalue weighted by Crippen LogP contribution is 2.32. The fourth-order valence-corrected chi connectivity index (χ4v) is 2.72. The molecule has 0 aliphatic carbocycles. The lowest BCUT2D eigenvalue weighted by atomic mass is 9.80. The molecule has 1 aliphatic rings. The van der Waals surface area contributed by atoms with Gasteiger partial charge in [-0.1, -0.05) is 48.9 Å². The molecular formula is C14H19ClN2S. The Labute approximate surface area is 119 Å². The van der Waals surface area contributed by atoms with Crippen molar-refractivity contribution in [1.82, 2.24) is 4.90 Å². The number of rotatable bonds is 3. The van der Waals surface area contributed by atoms with Crippen LogP contribution in [0.3, 0.4) is 0 Å². The highest BCUT2D eigenvalue weighted by Gasteiger charge is 2.32. The summed E-state index contributed by atoms with van der Waals surface area (Å²) in [5, 5.41) is 0.847. The Morgan fingerprint density at radius 3 is 2.56 bits per heavy atom. The van der Waals surface area contributed by atoms with E-state index in [1.54, 1.807) is 0 Å². The van der Waals surface area contributed by atoms with E-state index in [9.17, 15) is 0 Å². The second kappa shape index (κ2) is 5.55. The molecule has 2 N–H and O–H groups in total. The van der Waals surface area contributed by atoms with E-state index in [2.05, 4.69) is 17.9 Å². The molecule has 0 unspecified atom stereocenters. The van der Waals surface area contributed by atoms with Crippen LogP contribution in [0.1, 0.15) is 25.3 Å². The molecule has 0 aromatic heterocycles. The van der Waals surface area contributed by atoms with E-state index in [0.717, 1.165) is 37.5 Å². The zero-order valence-electron chi connectivity index (χ0n) is 10.7. The Morgan fingerprint density at radius 1 is 1.39 bits per heavy atom. The Hall–Kier alpha value is -0.640. The van der Waals surface area contributed by atoms with Crippen molar-refractivity contribution in [3.05, 3.63) is 34.9 Å². The summed E-state index contributed by atoms with van der Waals surface area (Å²) in [4.78, 5) is 3.07. The van der Waals surface area contributed by atoms with Crippen LogP contribution in [0, 0.1) is 5.41 Å². The Bertz CT molecular complexity index is 439. The number of nitrogens with zero attached hydrogens (tertiary/aromatic N) is 1. The standard InChI is InChI=1S/C14H19ClN2S/c1-14(13(16)18)6-8-17(9-7-14)10-11-4-2-3-5-12(11)15/h2-5H,6-10H2,1H3,(H2,16,18). The van der Waals surface area contributed by atoms with Gasteiger partial charge < -0.3 is 5.73 Å². The Balaban J connectivity index is 1.95. The number of halogens is 1. The second-order valence-corrected chi connectivity index (χ2v) is 6.14. The quantitative estimate of drug-likeness (QED) is 0.863. The van der Waals surface area contributed by atoms with Crippen LogP contribution in [0.25, 0.3) is 0 Å². The first-order valence-electron chi connectivity index (χ1n) is 6.27. The van der Waals surface area contributed by atoms with E-state index < -0.39 is 0 Å². The molecule has 0 bridgehead atoms. The summed E-state index contributed by atoms with van der Waals surface area (Å²) in [6.07, 6.45) is 2.07. The maximum absolute atomic E-state index is 6.18. The van der Waals surface area contributed by atoms with Crippen LogP contribution in [0.5, 0.6) is 0 Å². The van der Waals surface area contributed by atoms with E-state index in [1.165, 1.54) is 5.56 Å². The van der Waals surface area contributed by atoms with Gasteiger partial charge in [-0.2, -0.15) is 0 Å². The SMILES string of the molecule is CC1(C(N)=S)CCN(Cc2ccccc2Cl)CC1. The van der Waals surface area contributed by atoms with Crippen molar-refractivity contribution in [2.75, 3.05) is 13.1 Å². The van der Waals surface area contributed by atoms with E-state index in [-0.39, 0.29) is 5.41 Å². The zero-order valence-corrected chi connectivity index (χ0v) is 12.2. The van der Waals surface area contributed by atoms with Crippen LogP contribution in [0.2, 0.25) is 5.02 Å².